The Hall–Kier alpha value is -1.13. The van der Waals surface area contributed by atoms with Crippen molar-refractivity contribution in [1.82, 2.24) is 0 Å². The Morgan fingerprint density at radius 2 is 2.33 bits per heavy atom. The van der Waals surface area contributed by atoms with Crippen LogP contribution in [0.25, 0.3) is 6.08 Å². The third-order valence-corrected chi connectivity index (χ3v) is 3.40. The molecule has 1 rings (SSSR count). The second-order valence-electron chi connectivity index (χ2n) is 4.56. The second kappa shape index (κ2) is 8.06. The number of carboxylic acid groups (broad SMARTS) is 1. The molecule has 0 unspecified atom stereocenters. The first-order valence-electron chi connectivity index (χ1n) is 6.14. The van der Waals surface area contributed by atoms with Gasteiger partial charge in [-0.2, -0.15) is 0 Å². The number of hydrogen-bond acceptors (Lipinski definition) is 3. The summed E-state index contributed by atoms with van der Waals surface area (Å²) in [7, 11) is 0. The maximum Gasteiger partial charge on any atom is 0.328 e. The number of thiophene rings is 1. The molecule has 0 spiro atoms. The SMILES string of the molecule is CC(C)CCCOCc1sccc1C=CC(=O)O. The molecule has 1 heterocycles. The molecule has 3 nitrogen and oxygen atoms in total. The van der Waals surface area contributed by atoms with Crippen LogP contribution in [0.5, 0.6) is 0 Å². The Bertz CT molecular complexity index is 393. The first-order chi connectivity index (χ1) is 8.59. The van der Waals surface area contributed by atoms with E-state index in [-0.39, 0.29) is 0 Å². The lowest BCUT2D eigenvalue weighted by Gasteiger charge is -2.05. The summed E-state index contributed by atoms with van der Waals surface area (Å²) >= 11 is 1.60. The highest BCUT2D eigenvalue weighted by atomic mass is 32.1. The maximum absolute atomic E-state index is 10.5. The zero-order valence-electron chi connectivity index (χ0n) is 10.9. The molecule has 0 saturated heterocycles. The summed E-state index contributed by atoms with van der Waals surface area (Å²) in [6.45, 7) is 5.73. The minimum atomic E-state index is -0.926. The molecule has 0 fully saturated rings. The van der Waals surface area contributed by atoms with Crippen molar-refractivity contribution in [2.24, 2.45) is 5.92 Å². The van der Waals surface area contributed by atoms with E-state index in [9.17, 15) is 4.79 Å². The maximum atomic E-state index is 10.5. The van der Waals surface area contributed by atoms with E-state index in [2.05, 4.69) is 13.8 Å². The summed E-state index contributed by atoms with van der Waals surface area (Å²) in [6.07, 6.45) is 5.02. The normalized spacial score (nSPS) is 11.5. The Morgan fingerprint density at radius 3 is 3.00 bits per heavy atom. The van der Waals surface area contributed by atoms with Gasteiger partial charge in [-0.15, -0.1) is 11.3 Å². The van der Waals surface area contributed by atoms with E-state index in [1.54, 1.807) is 17.4 Å². The van der Waals surface area contributed by atoms with Crippen LogP contribution in [-0.4, -0.2) is 17.7 Å². The minimum Gasteiger partial charge on any atom is -0.478 e. The van der Waals surface area contributed by atoms with E-state index in [1.807, 2.05) is 11.4 Å². The quantitative estimate of drug-likeness (QED) is 0.576. The van der Waals surface area contributed by atoms with Crippen LogP contribution in [0.2, 0.25) is 0 Å². The molecule has 0 aliphatic heterocycles. The average molecular weight is 268 g/mol. The smallest absolute Gasteiger partial charge is 0.328 e. The average Bonchev–Trinajstić information content (AvgIpc) is 2.73. The van der Waals surface area contributed by atoms with Gasteiger partial charge in [-0.3, -0.25) is 0 Å². The van der Waals surface area contributed by atoms with Crippen LogP contribution in [0.3, 0.4) is 0 Å². The monoisotopic (exact) mass is 268 g/mol. The highest BCUT2D eigenvalue weighted by Gasteiger charge is 2.02. The van der Waals surface area contributed by atoms with E-state index in [4.69, 9.17) is 9.84 Å². The highest BCUT2D eigenvalue weighted by Crippen LogP contribution is 2.19. The van der Waals surface area contributed by atoms with Gasteiger partial charge in [0, 0.05) is 17.6 Å². The van der Waals surface area contributed by atoms with Crippen LogP contribution in [0.15, 0.2) is 17.5 Å². The lowest BCUT2D eigenvalue weighted by Crippen LogP contribution is -1.97. The molecule has 0 bridgehead atoms. The minimum absolute atomic E-state index is 0.565. The van der Waals surface area contributed by atoms with Crippen LogP contribution in [0.4, 0.5) is 0 Å². The lowest BCUT2D eigenvalue weighted by atomic mass is 10.1. The number of ether oxygens (including phenoxy) is 1. The van der Waals surface area contributed by atoms with E-state index in [0.29, 0.717) is 12.5 Å². The fraction of sp³-hybridized carbons (Fsp3) is 0.500. The molecule has 1 aromatic heterocycles. The van der Waals surface area contributed by atoms with Gasteiger partial charge in [-0.05, 0) is 41.8 Å². The molecule has 0 aliphatic carbocycles. The molecule has 1 N–H and O–H groups in total. The lowest BCUT2D eigenvalue weighted by molar-refractivity contribution is -0.131. The molecule has 100 valence electrons. The van der Waals surface area contributed by atoms with Gasteiger partial charge in [0.15, 0.2) is 0 Å². The van der Waals surface area contributed by atoms with Gasteiger partial charge in [-0.1, -0.05) is 13.8 Å². The number of rotatable bonds is 8. The predicted molar refractivity (Wildman–Crippen MR) is 74.7 cm³/mol. The molecule has 0 aromatic carbocycles. The summed E-state index contributed by atoms with van der Waals surface area (Å²) in [6, 6.07) is 1.91. The van der Waals surface area contributed by atoms with Crippen molar-refractivity contribution in [1.29, 1.82) is 0 Å². The zero-order chi connectivity index (χ0) is 13.4. The molecule has 0 radical (unpaired) electrons. The molecule has 18 heavy (non-hydrogen) atoms. The van der Waals surface area contributed by atoms with Gasteiger partial charge in [0.05, 0.1) is 6.61 Å². The summed E-state index contributed by atoms with van der Waals surface area (Å²) in [4.78, 5) is 11.5. The van der Waals surface area contributed by atoms with E-state index in [1.165, 1.54) is 6.42 Å². The molecular weight excluding hydrogens is 248 g/mol. The van der Waals surface area contributed by atoms with Gasteiger partial charge in [0.2, 0.25) is 0 Å². The number of aliphatic carboxylic acids is 1. The van der Waals surface area contributed by atoms with Crippen molar-refractivity contribution in [3.8, 4) is 0 Å². The van der Waals surface area contributed by atoms with Crippen molar-refractivity contribution in [3.63, 3.8) is 0 Å². The summed E-state index contributed by atoms with van der Waals surface area (Å²) < 4.78 is 5.61. The van der Waals surface area contributed by atoms with E-state index < -0.39 is 5.97 Å². The van der Waals surface area contributed by atoms with Crippen molar-refractivity contribution in [3.05, 3.63) is 28.0 Å². The van der Waals surface area contributed by atoms with Gasteiger partial charge in [-0.25, -0.2) is 4.79 Å². The van der Waals surface area contributed by atoms with E-state index in [0.717, 1.165) is 29.5 Å². The van der Waals surface area contributed by atoms with Crippen LogP contribution >= 0.6 is 11.3 Å². The number of carbonyl (C=O) groups is 1. The molecule has 1 aromatic rings. The second-order valence-corrected chi connectivity index (χ2v) is 5.56. The number of carboxylic acids is 1. The third-order valence-electron chi connectivity index (χ3n) is 2.49. The molecule has 4 heteroatoms. The predicted octanol–water partition coefficient (Wildman–Crippen LogP) is 3.80. The van der Waals surface area contributed by atoms with Crippen molar-refractivity contribution in [2.45, 2.75) is 33.3 Å². The fourth-order valence-electron chi connectivity index (χ4n) is 1.54. The van der Waals surface area contributed by atoms with Crippen LogP contribution in [-0.2, 0) is 16.1 Å². The van der Waals surface area contributed by atoms with E-state index >= 15 is 0 Å². The molecule has 0 aliphatic rings. The Morgan fingerprint density at radius 1 is 1.56 bits per heavy atom. The Balaban J connectivity index is 2.34. The van der Waals surface area contributed by atoms with Crippen molar-refractivity contribution < 1.29 is 14.6 Å². The zero-order valence-corrected chi connectivity index (χ0v) is 11.7. The van der Waals surface area contributed by atoms with Gasteiger partial charge in [0.1, 0.15) is 0 Å². The van der Waals surface area contributed by atoms with Crippen molar-refractivity contribution in [2.75, 3.05) is 6.61 Å². The third kappa shape index (κ3) is 5.98. The molecule has 0 amide bonds. The van der Waals surface area contributed by atoms with Crippen LogP contribution in [0, 0.1) is 5.92 Å². The van der Waals surface area contributed by atoms with Gasteiger partial charge < -0.3 is 9.84 Å². The molecular formula is C14H20O3S. The Labute approximate surface area is 112 Å². The highest BCUT2D eigenvalue weighted by molar-refractivity contribution is 7.10. The first-order valence-corrected chi connectivity index (χ1v) is 7.02. The summed E-state index contributed by atoms with van der Waals surface area (Å²) in [5.74, 6) is -0.214. The Kier molecular flexibility index (Phi) is 6.68. The standard InChI is InChI=1S/C14H20O3S/c1-11(2)4-3-8-17-10-13-12(7-9-18-13)5-6-14(15)16/h5-7,9,11H,3-4,8,10H2,1-2H3,(H,15,16). The van der Waals surface area contributed by atoms with Crippen LogP contribution < -0.4 is 0 Å². The number of hydrogen-bond donors (Lipinski definition) is 1. The topological polar surface area (TPSA) is 46.5 Å². The van der Waals surface area contributed by atoms with Gasteiger partial charge in [0.25, 0.3) is 0 Å². The summed E-state index contributed by atoms with van der Waals surface area (Å²) in [5.41, 5.74) is 0.936. The summed E-state index contributed by atoms with van der Waals surface area (Å²) in [5, 5.41) is 10.5. The van der Waals surface area contributed by atoms with Gasteiger partial charge >= 0.3 is 5.97 Å². The fourth-order valence-corrected chi connectivity index (χ4v) is 2.34. The van der Waals surface area contributed by atoms with Crippen molar-refractivity contribution >= 4 is 23.4 Å². The largest absolute Gasteiger partial charge is 0.478 e. The molecule has 0 saturated carbocycles. The molecule has 0 atom stereocenters. The first kappa shape index (κ1) is 14.9. The van der Waals surface area contributed by atoms with Crippen LogP contribution in [0.1, 0.15) is 37.1 Å².